The number of nitrogens with zero attached hydrogens (tertiary/aromatic N) is 3. The molecule has 104 valence electrons. The Morgan fingerprint density at radius 2 is 1.85 bits per heavy atom. The summed E-state index contributed by atoms with van der Waals surface area (Å²) in [5.41, 5.74) is 3.54. The van der Waals surface area contributed by atoms with Crippen molar-refractivity contribution in [3.8, 4) is 17.9 Å². The predicted molar refractivity (Wildman–Crippen MR) is 72.0 cm³/mol. The molecule has 0 atom stereocenters. The lowest BCUT2D eigenvalue weighted by molar-refractivity contribution is -0.105. The number of methoxy groups -OCH3 is 3. The fourth-order valence-electron chi connectivity index (χ4n) is 1.51. The van der Waals surface area contributed by atoms with Gasteiger partial charge in [-0.25, -0.2) is 0 Å². The van der Waals surface area contributed by atoms with Crippen LogP contribution >= 0.6 is 0 Å². The number of hydrogen-bond acceptors (Lipinski definition) is 7. The number of benzene rings is 1. The monoisotopic (exact) mass is 274 g/mol. The average Bonchev–Trinajstić information content (AvgIpc) is 2.50. The summed E-state index contributed by atoms with van der Waals surface area (Å²) in [7, 11) is 4.54. The second-order valence-corrected chi connectivity index (χ2v) is 3.55. The molecule has 0 bridgehead atoms. The molecule has 20 heavy (non-hydrogen) atoms. The van der Waals surface area contributed by atoms with Crippen LogP contribution in [-0.2, 0) is 9.47 Å². The van der Waals surface area contributed by atoms with E-state index in [4.69, 9.17) is 24.7 Å². The number of nitrogens with one attached hydrogen (secondary N) is 1. The molecule has 0 fully saturated rings. The number of nitriles is 2. The molecule has 0 amide bonds. The molecule has 1 aromatic carbocycles. The average molecular weight is 274 g/mol. The van der Waals surface area contributed by atoms with E-state index in [1.807, 2.05) is 0 Å². The minimum absolute atomic E-state index is 0.279. The van der Waals surface area contributed by atoms with E-state index in [-0.39, 0.29) is 5.71 Å². The number of hydrazone groups is 1. The quantitative estimate of drug-likeness (QED) is 0.482. The lowest BCUT2D eigenvalue weighted by Crippen LogP contribution is -2.08. The number of hydrogen-bond donors (Lipinski definition) is 1. The first-order chi connectivity index (χ1) is 9.69. The Balaban J connectivity index is 3.16. The Morgan fingerprint density at radius 3 is 2.35 bits per heavy atom. The van der Waals surface area contributed by atoms with E-state index in [9.17, 15) is 0 Å². The van der Waals surface area contributed by atoms with Crippen LogP contribution in [0.2, 0.25) is 0 Å². The molecule has 0 saturated heterocycles. The minimum Gasteiger partial charge on any atom is -0.497 e. The summed E-state index contributed by atoms with van der Waals surface area (Å²) >= 11 is 0. The van der Waals surface area contributed by atoms with Gasteiger partial charge in [-0.15, -0.1) is 0 Å². The Kier molecular flexibility index (Phi) is 5.98. The van der Waals surface area contributed by atoms with Gasteiger partial charge in [0.2, 0.25) is 5.71 Å². The van der Waals surface area contributed by atoms with Crippen LogP contribution in [0, 0.1) is 22.7 Å². The van der Waals surface area contributed by atoms with E-state index >= 15 is 0 Å². The topological polar surface area (TPSA) is 99.7 Å². The third kappa shape index (κ3) is 3.69. The standard InChI is InChI=1S/C13H14N4O3/c1-18-10-4-5-12(17-16-9(7-14)8-15)11(6-10)13(19-2)20-3/h4-6,13,17H,1-3H3. The maximum atomic E-state index is 8.64. The second-order valence-electron chi connectivity index (χ2n) is 3.55. The maximum absolute atomic E-state index is 8.64. The normalized spacial score (nSPS) is 9.50. The first-order valence-corrected chi connectivity index (χ1v) is 5.57. The van der Waals surface area contributed by atoms with Crippen LogP contribution < -0.4 is 10.2 Å². The fourth-order valence-corrected chi connectivity index (χ4v) is 1.51. The molecule has 0 aromatic heterocycles. The zero-order valence-corrected chi connectivity index (χ0v) is 11.4. The van der Waals surface area contributed by atoms with Crippen LogP contribution in [0.1, 0.15) is 11.9 Å². The molecule has 1 aromatic rings. The third-order valence-electron chi connectivity index (χ3n) is 2.44. The van der Waals surface area contributed by atoms with Crippen molar-refractivity contribution in [3.63, 3.8) is 0 Å². The highest BCUT2D eigenvalue weighted by molar-refractivity contribution is 6.10. The Bertz CT molecular complexity index is 552. The van der Waals surface area contributed by atoms with Gasteiger partial charge in [-0.05, 0) is 18.2 Å². The van der Waals surface area contributed by atoms with Crippen molar-refractivity contribution >= 4 is 11.4 Å². The van der Waals surface area contributed by atoms with Gasteiger partial charge in [0.25, 0.3) is 0 Å². The minimum atomic E-state index is -0.629. The summed E-state index contributed by atoms with van der Waals surface area (Å²) in [6, 6.07) is 8.44. The van der Waals surface area contributed by atoms with Crippen LogP contribution in [0.25, 0.3) is 0 Å². The smallest absolute Gasteiger partial charge is 0.237 e. The highest BCUT2D eigenvalue weighted by atomic mass is 16.7. The molecule has 0 spiro atoms. The summed E-state index contributed by atoms with van der Waals surface area (Å²) in [5.74, 6) is 0.620. The molecule has 0 aliphatic heterocycles. The van der Waals surface area contributed by atoms with Gasteiger partial charge < -0.3 is 14.2 Å². The first-order valence-electron chi connectivity index (χ1n) is 5.57. The summed E-state index contributed by atoms with van der Waals surface area (Å²) in [6.45, 7) is 0. The van der Waals surface area contributed by atoms with E-state index in [0.29, 0.717) is 17.0 Å². The van der Waals surface area contributed by atoms with Gasteiger partial charge in [0.1, 0.15) is 17.9 Å². The molecule has 0 unspecified atom stereocenters. The molecule has 0 aliphatic rings. The predicted octanol–water partition coefficient (Wildman–Crippen LogP) is 1.80. The van der Waals surface area contributed by atoms with Crippen LogP contribution in [0.3, 0.4) is 0 Å². The van der Waals surface area contributed by atoms with E-state index in [0.717, 1.165) is 0 Å². The molecule has 7 heteroatoms. The van der Waals surface area contributed by atoms with Crippen LogP contribution in [0.4, 0.5) is 5.69 Å². The Hall–Kier alpha value is -2.61. The van der Waals surface area contributed by atoms with Gasteiger partial charge in [0.05, 0.1) is 12.8 Å². The third-order valence-corrected chi connectivity index (χ3v) is 2.44. The summed E-state index contributed by atoms with van der Waals surface area (Å²) in [6.07, 6.45) is -0.629. The van der Waals surface area contributed by atoms with Crippen molar-refractivity contribution in [2.24, 2.45) is 5.10 Å². The second kappa shape index (κ2) is 7.74. The molecule has 1 rings (SSSR count). The van der Waals surface area contributed by atoms with Gasteiger partial charge in [-0.2, -0.15) is 15.6 Å². The van der Waals surface area contributed by atoms with Crippen molar-refractivity contribution in [1.29, 1.82) is 10.5 Å². The van der Waals surface area contributed by atoms with Crippen LogP contribution in [0.5, 0.6) is 5.75 Å². The van der Waals surface area contributed by atoms with Crippen molar-refractivity contribution in [1.82, 2.24) is 0 Å². The Morgan fingerprint density at radius 1 is 1.20 bits per heavy atom. The first kappa shape index (κ1) is 15.4. The largest absolute Gasteiger partial charge is 0.497 e. The zero-order valence-electron chi connectivity index (χ0n) is 11.4. The number of rotatable bonds is 6. The van der Waals surface area contributed by atoms with Gasteiger partial charge in [0, 0.05) is 19.8 Å². The van der Waals surface area contributed by atoms with Crippen molar-refractivity contribution in [2.45, 2.75) is 6.29 Å². The molecule has 1 N–H and O–H groups in total. The molecule has 7 nitrogen and oxygen atoms in total. The Labute approximate surface area is 117 Å². The van der Waals surface area contributed by atoms with Gasteiger partial charge in [0.15, 0.2) is 6.29 Å². The molecule has 0 aliphatic carbocycles. The van der Waals surface area contributed by atoms with Crippen molar-refractivity contribution in [2.75, 3.05) is 26.8 Å². The van der Waals surface area contributed by atoms with Crippen molar-refractivity contribution in [3.05, 3.63) is 23.8 Å². The summed E-state index contributed by atoms with van der Waals surface area (Å²) in [4.78, 5) is 0. The maximum Gasteiger partial charge on any atom is 0.237 e. The lowest BCUT2D eigenvalue weighted by Gasteiger charge is -2.18. The van der Waals surface area contributed by atoms with Gasteiger partial charge >= 0.3 is 0 Å². The van der Waals surface area contributed by atoms with E-state index in [1.54, 1.807) is 37.4 Å². The SMILES string of the molecule is COc1ccc(NN=C(C#N)C#N)c(C(OC)OC)c1. The molecular weight excluding hydrogens is 260 g/mol. The van der Waals surface area contributed by atoms with Gasteiger partial charge in [-0.1, -0.05) is 0 Å². The molecular formula is C13H14N4O3. The molecule has 0 heterocycles. The summed E-state index contributed by atoms with van der Waals surface area (Å²) < 4.78 is 15.5. The van der Waals surface area contributed by atoms with E-state index < -0.39 is 6.29 Å². The van der Waals surface area contributed by atoms with E-state index in [1.165, 1.54) is 14.2 Å². The summed E-state index contributed by atoms with van der Waals surface area (Å²) in [5, 5.41) is 21.0. The lowest BCUT2D eigenvalue weighted by atomic mass is 10.1. The van der Waals surface area contributed by atoms with Crippen LogP contribution in [-0.4, -0.2) is 27.0 Å². The van der Waals surface area contributed by atoms with E-state index in [2.05, 4.69) is 10.5 Å². The van der Waals surface area contributed by atoms with Crippen LogP contribution in [0.15, 0.2) is 23.3 Å². The highest BCUT2D eigenvalue weighted by Gasteiger charge is 2.15. The molecule has 0 saturated carbocycles. The zero-order chi connectivity index (χ0) is 15.0. The molecule has 0 radical (unpaired) electrons. The highest BCUT2D eigenvalue weighted by Crippen LogP contribution is 2.29. The van der Waals surface area contributed by atoms with Crippen molar-refractivity contribution < 1.29 is 14.2 Å². The number of ether oxygens (including phenoxy) is 3. The fraction of sp³-hybridized carbons (Fsp3) is 0.308. The number of anilines is 1. The van der Waals surface area contributed by atoms with Gasteiger partial charge in [-0.3, -0.25) is 5.43 Å².